The van der Waals surface area contributed by atoms with Gasteiger partial charge in [0.15, 0.2) is 0 Å². The van der Waals surface area contributed by atoms with Gasteiger partial charge in [-0.15, -0.1) is 0 Å². The van der Waals surface area contributed by atoms with E-state index in [1.165, 1.54) is 11.1 Å². The molecule has 0 aliphatic carbocycles. The molecule has 0 saturated carbocycles. The van der Waals surface area contributed by atoms with E-state index in [-0.39, 0.29) is 0 Å². The highest BCUT2D eigenvalue weighted by atomic mass is 15.1. The zero-order valence-corrected chi connectivity index (χ0v) is 12.4. The summed E-state index contributed by atoms with van der Waals surface area (Å²) < 4.78 is 2.06. The molecule has 1 heterocycles. The van der Waals surface area contributed by atoms with Gasteiger partial charge in [-0.2, -0.15) is 0 Å². The van der Waals surface area contributed by atoms with Gasteiger partial charge in [-0.05, 0) is 25.5 Å². The molecule has 0 radical (unpaired) electrons. The lowest BCUT2D eigenvalue weighted by molar-refractivity contribution is 0.771. The first-order valence-corrected chi connectivity index (χ1v) is 7.08. The minimum atomic E-state index is 0.724. The van der Waals surface area contributed by atoms with Crippen molar-refractivity contribution in [3.8, 4) is 11.3 Å². The topological polar surface area (TPSA) is 43.8 Å². The van der Waals surface area contributed by atoms with Crippen LogP contribution in [-0.4, -0.2) is 9.55 Å². The van der Waals surface area contributed by atoms with E-state index >= 15 is 0 Å². The molecule has 0 bridgehead atoms. The Morgan fingerprint density at radius 1 is 1.00 bits per heavy atom. The van der Waals surface area contributed by atoms with Crippen LogP contribution >= 0.6 is 0 Å². The van der Waals surface area contributed by atoms with Gasteiger partial charge in [0.25, 0.3) is 0 Å². The van der Waals surface area contributed by atoms with Crippen LogP contribution in [0.1, 0.15) is 17.0 Å². The van der Waals surface area contributed by atoms with Crippen molar-refractivity contribution in [3.05, 3.63) is 71.5 Å². The lowest BCUT2D eigenvalue weighted by Gasteiger charge is -2.08. The normalized spacial score (nSPS) is 10.8. The SMILES string of the molecule is Cc1cccc(-c2nc(C)n(Cc3ccccc3)c2N)c1. The molecule has 3 aromatic rings. The highest BCUT2D eigenvalue weighted by Gasteiger charge is 2.13. The quantitative estimate of drug-likeness (QED) is 0.791. The average Bonchev–Trinajstić information content (AvgIpc) is 2.76. The first-order valence-electron chi connectivity index (χ1n) is 7.08. The summed E-state index contributed by atoms with van der Waals surface area (Å²) in [6, 6.07) is 18.6. The van der Waals surface area contributed by atoms with Crippen LogP contribution in [0.3, 0.4) is 0 Å². The Bertz CT molecular complexity index is 757. The van der Waals surface area contributed by atoms with E-state index in [2.05, 4.69) is 46.8 Å². The first-order chi connectivity index (χ1) is 10.1. The number of aryl methyl sites for hydroxylation is 2. The van der Waals surface area contributed by atoms with Crippen LogP contribution in [0.5, 0.6) is 0 Å². The second kappa shape index (κ2) is 5.44. The molecule has 0 saturated heterocycles. The van der Waals surface area contributed by atoms with Crippen LogP contribution in [0, 0.1) is 13.8 Å². The van der Waals surface area contributed by atoms with E-state index in [4.69, 9.17) is 5.73 Å². The third kappa shape index (κ3) is 2.68. The van der Waals surface area contributed by atoms with Gasteiger partial charge < -0.3 is 10.3 Å². The minimum Gasteiger partial charge on any atom is -0.383 e. The van der Waals surface area contributed by atoms with E-state index in [0.29, 0.717) is 0 Å². The van der Waals surface area contributed by atoms with E-state index < -0.39 is 0 Å². The van der Waals surface area contributed by atoms with Crippen molar-refractivity contribution in [1.82, 2.24) is 9.55 Å². The molecule has 3 heteroatoms. The Kier molecular flexibility index (Phi) is 3.48. The summed E-state index contributed by atoms with van der Waals surface area (Å²) in [4.78, 5) is 4.66. The van der Waals surface area contributed by atoms with Crippen molar-refractivity contribution in [3.63, 3.8) is 0 Å². The zero-order valence-electron chi connectivity index (χ0n) is 12.4. The van der Waals surface area contributed by atoms with E-state index in [1.807, 2.05) is 31.2 Å². The van der Waals surface area contributed by atoms with Crippen molar-refractivity contribution in [2.45, 2.75) is 20.4 Å². The maximum Gasteiger partial charge on any atom is 0.132 e. The first kappa shape index (κ1) is 13.4. The van der Waals surface area contributed by atoms with Crippen molar-refractivity contribution in [2.75, 3.05) is 5.73 Å². The molecule has 0 amide bonds. The van der Waals surface area contributed by atoms with Gasteiger partial charge in [-0.3, -0.25) is 0 Å². The number of imidazole rings is 1. The summed E-state index contributed by atoms with van der Waals surface area (Å²) in [5.41, 5.74) is 10.7. The van der Waals surface area contributed by atoms with Gasteiger partial charge in [-0.25, -0.2) is 4.98 Å². The standard InChI is InChI=1S/C18H19N3/c1-13-7-6-10-16(11-13)17-18(19)21(14(2)20-17)12-15-8-4-3-5-9-15/h3-11H,12,19H2,1-2H3. The van der Waals surface area contributed by atoms with Gasteiger partial charge in [0.2, 0.25) is 0 Å². The summed E-state index contributed by atoms with van der Waals surface area (Å²) in [6.45, 7) is 4.82. The number of aromatic nitrogens is 2. The van der Waals surface area contributed by atoms with Gasteiger partial charge in [0.05, 0.1) is 6.54 Å². The van der Waals surface area contributed by atoms with Crippen LogP contribution in [0.4, 0.5) is 5.82 Å². The molecule has 2 N–H and O–H groups in total. The summed E-state index contributed by atoms with van der Waals surface area (Å²) in [5.74, 6) is 1.66. The summed E-state index contributed by atoms with van der Waals surface area (Å²) >= 11 is 0. The second-order valence-electron chi connectivity index (χ2n) is 5.33. The number of hydrogen-bond donors (Lipinski definition) is 1. The third-order valence-electron chi connectivity index (χ3n) is 3.67. The Labute approximate surface area is 125 Å². The van der Waals surface area contributed by atoms with Gasteiger partial charge in [-0.1, -0.05) is 54.1 Å². The molecule has 0 aliphatic rings. The fourth-order valence-corrected chi connectivity index (χ4v) is 2.55. The molecule has 1 aromatic heterocycles. The molecule has 3 rings (SSSR count). The molecule has 106 valence electrons. The highest BCUT2D eigenvalue weighted by molar-refractivity contribution is 5.71. The Morgan fingerprint density at radius 2 is 1.76 bits per heavy atom. The van der Waals surface area contributed by atoms with Gasteiger partial charge >= 0.3 is 0 Å². The van der Waals surface area contributed by atoms with Crippen molar-refractivity contribution in [1.29, 1.82) is 0 Å². The predicted octanol–water partition coefficient (Wildman–Crippen LogP) is 3.80. The number of nitrogens with zero attached hydrogens (tertiary/aromatic N) is 2. The number of nitrogen functional groups attached to an aromatic ring is 1. The molecular formula is C18H19N3. The van der Waals surface area contributed by atoms with Crippen LogP contribution in [0.15, 0.2) is 54.6 Å². The maximum absolute atomic E-state index is 6.33. The van der Waals surface area contributed by atoms with E-state index in [0.717, 1.165) is 29.4 Å². The molecule has 0 atom stereocenters. The molecule has 21 heavy (non-hydrogen) atoms. The van der Waals surface area contributed by atoms with E-state index in [9.17, 15) is 0 Å². The molecule has 0 unspecified atom stereocenters. The van der Waals surface area contributed by atoms with Crippen molar-refractivity contribution >= 4 is 5.82 Å². The van der Waals surface area contributed by atoms with Crippen LogP contribution in [-0.2, 0) is 6.54 Å². The van der Waals surface area contributed by atoms with Crippen LogP contribution in [0.2, 0.25) is 0 Å². The highest BCUT2D eigenvalue weighted by Crippen LogP contribution is 2.27. The zero-order chi connectivity index (χ0) is 14.8. The number of rotatable bonds is 3. The molecule has 0 spiro atoms. The molecule has 3 nitrogen and oxygen atoms in total. The van der Waals surface area contributed by atoms with Crippen LogP contribution < -0.4 is 5.73 Å². The van der Waals surface area contributed by atoms with Crippen molar-refractivity contribution < 1.29 is 0 Å². The number of hydrogen-bond acceptors (Lipinski definition) is 2. The lowest BCUT2D eigenvalue weighted by atomic mass is 10.1. The Balaban J connectivity index is 2.01. The number of nitrogens with two attached hydrogens (primary N) is 1. The molecule has 0 aliphatic heterocycles. The van der Waals surface area contributed by atoms with Crippen molar-refractivity contribution in [2.24, 2.45) is 0 Å². The molecule has 2 aromatic carbocycles. The summed E-state index contributed by atoms with van der Waals surface area (Å²) in [6.07, 6.45) is 0. The van der Waals surface area contributed by atoms with Gasteiger partial charge in [0, 0.05) is 5.56 Å². The van der Waals surface area contributed by atoms with E-state index in [1.54, 1.807) is 0 Å². The minimum absolute atomic E-state index is 0.724. The van der Waals surface area contributed by atoms with Gasteiger partial charge in [0.1, 0.15) is 17.3 Å². The number of anilines is 1. The third-order valence-corrected chi connectivity index (χ3v) is 3.67. The van der Waals surface area contributed by atoms with Crippen LogP contribution in [0.25, 0.3) is 11.3 Å². The molecular weight excluding hydrogens is 258 g/mol. The fourth-order valence-electron chi connectivity index (χ4n) is 2.55. The predicted molar refractivity (Wildman–Crippen MR) is 87.1 cm³/mol. The molecule has 0 fully saturated rings. The number of benzene rings is 2. The monoisotopic (exact) mass is 277 g/mol. The fraction of sp³-hybridized carbons (Fsp3) is 0.167. The smallest absolute Gasteiger partial charge is 0.132 e. The summed E-state index contributed by atoms with van der Waals surface area (Å²) in [5, 5.41) is 0. The maximum atomic E-state index is 6.33. The Hall–Kier alpha value is -2.55. The summed E-state index contributed by atoms with van der Waals surface area (Å²) in [7, 11) is 0. The second-order valence-corrected chi connectivity index (χ2v) is 5.33. The Morgan fingerprint density at radius 3 is 2.48 bits per heavy atom. The largest absolute Gasteiger partial charge is 0.383 e. The lowest BCUT2D eigenvalue weighted by Crippen LogP contribution is -2.06. The average molecular weight is 277 g/mol.